The van der Waals surface area contributed by atoms with Gasteiger partial charge < -0.3 is 0 Å². The lowest BCUT2D eigenvalue weighted by Gasteiger charge is -2.14. The van der Waals surface area contributed by atoms with Gasteiger partial charge in [0.15, 0.2) is 0 Å². The number of benzene rings is 1. The van der Waals surface area contributed by atoms with Crippen molar-refractivity contribution in [3.05, 3.63) is 35.4 Å². The summed E-state index contributed by atoms with van der Waals surface area (Å²) in [6, 6.07) is 7.79. The van der Waals surface area contributed by atoms with E-state index in [0.29, 0.717) is 25.9 Å². The zero-order valence-electron chi connectivity index (χ0n) is 13.9. The molecule has 0 saturated heterocycles. The van der Waals surface area contributed by atoms with Crippen molar-refractivity contribution in [2.75, 3.05) is 25.1 Å². The quantitative estimate of drug-likeness (QED) is 0.654. The molecule has 0 spiro atoms. The highest BCUT2D eigenvalue weighted by Crippen LogP contribution is 2.15. The maximum Gasteiger partial charge on any atom is 0.211 e. The van der Waals surface area contributed by atoms with Gasteiger partial charge in [0.2, 0.25) is 20.0 Å². The largest absolute Gasteiger partial charge is 0.215 e. The zero-order valence-corrected chi connectivity index (χ0v) is 15.5. The Kier molecular flexibility index (Phi) is 7.66. The molecule has 0 heterocycles. The molecule has 0 fully saturated rings. The van der Waals surface area contributed by atoms with Crippen LogP contribution in [0.25, 0.3) is 0 Å². The predicted octanol–water partition coefficient (Wildman–Crippen LogP) is 1.21. The van der Waals surface area contributed by atoms with E-state index in [1.165, 1.54) is 0 Å². The summed E-state index contributed by atoms with van der Waals surface area (Å²) in [5, 5.41) is 0. The molecule has 1 aromatic carbocycles. The Morgan fingerprint density at radius 3 is 2.17 bits per heavy atom. The maximum absolute atomic E-state index is 11.7. The van der Waals surface area contributed by atoms with Gasteiger partial charge in [0, 0.05) is 13.1 Å². The van der Waals surface area contributed by atoms with Crippen LogP contribution in [0.5, 0.6) is 0 Å². The standard InChI is InChI=1S/C15H26N2O4S2/c1-4-11-23(20,21)17-12-13(2)15-7-5-14(6-8-15)9-10-16-22(3,18)19/h5-8,13,16-17H,4,9-12H2,1-3H3. The molecule has 132 valence electrons. The second kappa shape index (κ2) is 8.77. The fraction of sp³-hybridized carbons (Fsp3) is 0.600. The van der Waals surface area contributed by atoms with Gasteiger partial charge in [0.25, 0.3) is 0 Å². The number of rotatable bonds is 10. The molecule has 2 N–H and O–H groups in total. The summed E-state index contributed by atoms with van der Waals surface area (Å²) >= 11 is 0. The molecule has 8 heteroatoms. The van der Waals surface area contributed by atoms with Crippen molar-refractivity contribution >= 4 is 20.0 Å². The first-order chi connectivity index (χ1) is 10.6. The van der Waals surface area contributed by atoms with Gasteiger partial charge in [-0.15, -0.1) is 0 Å². The molecule has 1 atom stereocenters. The minimum Gasteiger partial charge on any atom is -0.215 e. The Morgan fingerprint density at radius 2 is 1.65 bits per heavy atom. The van der Waals surface area contributed by atoms with E-state index in [2.05, 4.69) is 9.44 Å². The molecule has 23 heavy (non-hydrogen) atoms. The zero-order chi connectivity index (χ0) is 17.5. The van der Waals surface area contributed by atoms with Crippen LogP contribution in [-0.2, 0) is 26.5 Å². The second-order valence-electron chi connectivity index (χ2n) is 5.73. The van der Waals surface area contributed by atoms with E-state index in [1.807, 2.05) is 38.1 Å². The molecule has 0 aliphatic rings. The van der Waals surface area contributed by atoms with Crippen molar-refractivity contribution in [1.29, 1.82) is 0 Å². The first-order valence-electron chi connectivity index (χ1n) is 7.64. The summed E-state index contributed by atoms with van der Waals surface area (Å²) in [5.41, 5.74) is 2.08. The number of hydrogen-bond donors (Lipinski definition) is 2. The van der Waals surface area contributed by atoms with Crippen molar-refractivity contribution in [2.24, 2.45) is 0 Å². The molecular formula is C15H26N2O4S2. The fourth-order valence-electron chi connectivity index (χ4n) is 2.10. The van der Waals surface area contributed by atoms with Crippen LogP contribution >= 0.6 is 0 Å². The summed E-state index contributed by atoms with van der Waals surface area (Å²) in [5.74, 6) is 0.219. The van der Waals surface area contributed by atoms with Crippen LogP contribution in [0, 0.1) is 0 Å². The van der Waals surface area contributed by atoms with Crippen LogP contribution in [0.2, 0.25) is 0 Å². The smallest absolute Gasteiger partial charge is 0.211 e. The second-order valence-corrected chi connectivity index (χ2v) is 9.49. The lowest BCUT2D eigenvalue weighted by molar-refractivity contribution is 0.573. The van der Waals surface area contributed by atoms with E-state index in [-0.39, 0.29) is 11.7 Å². The lowest BCUT2D eigenvalue weighted by Crippen LogP contribution is -2.29. The van der Waals surface area contributed by atoms with Gasteiger partial charge >= 0.3 is 0 Å². The summed E-state index contributed by atoms with van der Waals surface area (Å²) in [6.45, 7) is 4.54. The molecule has 0 bridgehead atoms. The summed E-state index contributed by atoms with van der Waals surface area (Å²) < 4.78 is 50.4. The van der Waals surface area contributed by atoms with Crippen LogP contribution in [0.15, 0.2) is 24.3 Å². The van der Waals surface area contributed by atoms with E-state index in [1.54, 1.807) is 0 Å². The van der Waals surface area contributed by atoms with Gasteiger partial charge in [-0.1, -0.05) is 38.1 Å². The average molecular weight is 363 g/mol. The molecule has 1 unspecified atom stereocenters. The van der Waals surface area contributed by atoms with Gasteiger partial charge in [-0.2, -0.15) is 0 Å². The topological polar surface area (TPSA) is 92.3 Å². The first kappa shape index (κ1) is 20.1. The summed E-state index contributed by atoms with van der Waals surface area (Å²) in [7, 11) is -6.34. The molecule has 1 aromatic rings. The highest BCUT2D eigenvalue weighted by Gasteiger charge is 2.12. The van der Waals surface area contributed by atoms with Gasteiger partial charge in [-0.3, -0.25) is 0 Å². The third-order valence-corrected chi connectivity index (χ3v) is 5.69. The Bertz CT molecular complexity index is 683. The van der Waals surface area contributed by atoms with Gasteiger partial charge in [-0.25, -0.2) is 26.3 Å². The highest BCUT2D eigenvalue weighted by molar-refractivity contribution is 7.89. The predicted molar refractivity (Wildman–Crippen MR) is 93.5 cm³/mol. The van der Waals surface area contributed by atoms with Crippen LogP contribution in [-0.4, -0.2) is 41.9 Å². The minimum absolute atomic E-state index is 0.0739. The van der Waals surface area contributed by atoms with Crippen molar-refractivity contribution in [1.82, 2.24) is 9.44 Å². The van der Waals surface area contributed by atoms with E-state index in [9.17, 15) is 16.8 Å². The molecule has 0 aliphatic carbocycles. The Morgan fingerprint density at radius 1 is 1.04 bits per heavy atom. The monoisotopic (exact) mass is 362 g/mol. The van der Waals surface area contributed by atoms with E-state index in [4.69, 9.17) is 0 Å². The van der Waals surface area contributed by atoms with E-state index in [0.717, 1.165) is 17.4 Å². The van der Waals surface area contributed by atoms with E-state index >= 15 is 0 Å². The Labute approximate surface area is 139 Å². The number of hydrogen-bond acceptors (Lipinski definition) is 4. The van der Waals surface area contributed by atoms with Gasteiger partial charge in [-0.05, 0) is 29.9 Å². The van der Waals surface area contributed by atoms with Gasteiger partial charge in [0.1, 0.15) is 0 Å². The first-order valence-corrected chi connectivity index (χ1v) is 11.2. The average Bonchev–Trinajstić information content (AvgIpc) is 2.44. The molecule has 0 saturated carbocycles. The highest BCUT2D eigenvalue weighted by atomic mass is 32.2. The van der Waals surface area contributed by atoms with Gasteiger partial charge in [0.05, 0.1) is 12.0 Å². The lowest BCUT2D eigenvalue weighted by atomic mass is 9.99. The van der Waals surface area contributed by atoms with E-state index < -0.39 is 20.0 Å². The third kappa shape index (κ3) is 8.45. The number of sulfonamides is 2. The minimum atomic E-state index is -3.18. The molecule has 1 rings (SSSR count). The molecule has 6 nitrogen and oxygen atoms in total. The Hall–Kier alpha value is -0.960. The summed E-state index contributed by atoms with van der Waals surface area (Å²) in [6.07, 6.45) is 2.35. The van der Waals surface area contributed by atoms with Crippen LogP contribution < -0.4 is 9.44 Å². The SMILES string of the molecule is CCCS(=O)(=O)NCC(C)c1ccc(CCNS(C)(=O)=O)cc1. The maximum atomic E-state index is 11.7. The van der Waals surface area contributed by atoms with Crippen molar-refractivity contribution in [3.8, 4) is 0 Å². The number of nitrogens with one attached hydrogen (secondary N) is 2. The Balaban J connectivity index is 2.52. The molecule has 0 aromatic heterocycles. The normalized spacial score (nSPS) is 13.9. The van der Waals surface area contributed by atoms with Crippen LogP contribution in [0.3, 0.4) is 0 Å². The molecule has 0 aliphatic heterocycles. The molecule has 0 radical (unpaired) electrons. The van der Waals surface area contributed by atoms with Crippen LogP contribution in [0.4, 0.5) is 0 Å². The van der Waals surface area contributed by atoms with Crippen molar-refractivity contribution in [3.63, 3.8) is 0 Å². The molecular weight excluding hydrogens is 336 g/mol. The third-order valence-electron chi connectivity index (χ3n) is 3.41. The van der Waals surface area contributed by atoms with Crippen LogP contribution in [0.1, 0.15) is 37.3 Å². The summed E-state index contributed by atoms with van der Waals surface area (Å²) in [4.78, 5) is 0. The van der Waals surface area contributed by atoms with Crippen molar-refractivity contribution in [2.45, 2.75) is 32.6 Å². The fourth-order valence-corrected chi connectivity index (χ4v) is 3.76. The molecule has 0 amide bonds. The van der Waals surface area contributed by atoms with Crippen molar-refractivity contribution < 1.29 is 16.8 Å².